The Bertz CT molecular complexity index is 548. The van der Waals surface area contributed by atoms with Gasteiger partial charge in [0, 0.05) is 56.1 Å². The number of benzene rings is 1. The lowest BCUT2D eigenvalue weighted by atomic mass is 10.2. The van der Waals surface area contributed by atoms with E-state index in [2.05, 4.69) is 67.1 Å². The third-order valence-corrected chi connectivity index (χ3v) is 4.47. The van der Waals surface area contributed by atoms with Gasteiger partial charge >= 0.3 is 0 Å². The molecule has 0 spiro atoms. The van der Waals surface area contributed by atoms with Crippen LogP contribution in [-0.4, -0.2) is 41.0 Å². The van der Waals surface area contributed by atoms with E-state index in [1.807, 2.05) is 12.4 Å². The molecule has 110 valence electrons. The number of rotatable bonds is 4. The summed E-state index contributed by atoms with van der Waals surface area (Å²) < 4.78 is 1.15. The van der Waals surface area contributed by atoms with Crippen LogP contribution in [0.4, 0.5) is 0 Å². The molecule has 2 heterocycles. The number of pyridine rings is 1. The van der Waals surface area contributed by atoms with Crippen molar-refractivity contribution in [3.8, 4) is 0 Å². The van der Waals surface area contributed by atoms with Crippen LogP contribution in [-0.2, 0) is 13.1 Å². The lowest BCUT2D eigenvalue weighted by Gasteiger charge is -2.34. The summed E-state index contributed by atoms with van der Waals surface area (Å²) in [6.45, 7) is 6.64. The Morgan fingerprint density at radius 3 is 1.76 bits per heavy atom. The van der Waals surface area contributed by atoms with Gasteiger partial charge in [0.1, 0.15) is 0 Å². The van der Waals surface area contributed by atoms with E-state index in [0.29, 0.717) is 0 Å². The molecule has 0 unspecified atom stereocenters. The number of halogens is 1. The van der Waals surface area contributed by atoms with Gasteiger partial charge in [-0.1, -0.05) is 28.1 Å². The molecule has 0 saturated carbocycles. The average Bonchev–Trinajstić information content (AvgIpc) is 2.53. The zero-order valence-electron chi connectivity index (χ0n) is 12.1. The molecule has 1 aromatic heterocycles. The molecular formula is C17H20BrN3. The van der Waals surface area contributed by atoms with E-state index in [1.165, 1.54) is 11.1 Å². The highest BCUT2D eigenvalue weighted by Gasteiger charge is 2.16. The smallest absolute Gasteiger partial charge is 0.0271 e. The second-order valence-corrected chi connectivity index (χ2v) is 6.45. The van der Waals surface area contributed by atoms with Gasteiger partial charge in [0.2, 0.25) is 0 Å². The summed E-state index contributed by atoms with van der Waals surface area (Å²) in [7, 11) is 0. The summed E-state index contributed by atoms with van der Waals surface area (Å²) in [5.41, 5.74) is 2.74. The lowest BCUT2D eigenvalue weighted by molar-refractivity contribution is 0.122. The van der Waals surface area contributed by atoms with Gasteiger partial charge < -0.3 is 0 Å². The van der Waals surface area contributed by atoms with Gasteiger partial charge in [-0.2, -0.15) is 0 Å². The highest BCUT2D eigenvalue weighted by Crippen LogP contribution is 2.14. The molecule has 0 bridgehead atoms. The molecule has 0 amide bonds. The normalized spacial score (nSPS) is 17.0. The van der Waals surface area contributed by atoms with Crippen molar-refractivity contribution < 1.29 is 0 Å². The molecule has 1 fully saturated rings. The fourth-order valence-electron chi connectivity index (χ4n) is 2.70. The van der Waals surface area contributed by atoms with Crippen LogP contribution in [0.15, 0.2) is 53.3 Å². The third-order valence-electron chi connectivity index (χ3n) is 3.94. The maximum absolute atomic E-state index is 4.07. The van der Waals surface area contributed by atoms with Crippen LogP contribution in [0.5, 0.6) is 0 Å². The molecule has 21 heavy (non-hydrogen) atoms. The Hall–Kier alpha value is -1.23. The summed E-state index contributed by atoms with van der Waals surface area (Å²) in [6, 6.07) is 12.9. The lowest BCUT2D eigenvalue weighted by Crippen LogP contribution is -2.45. The van der Waals surface area contributed by atoms with Gasteiger partial charge in [0.05, 0.1) is 0 Å². The van der Waals surface area contributed by atoms with Crippen molar-refractivity contribution in [2.75, 3.05) is 26.2 Å². The largest absolute Gasteiger partial charge is 0.297 e. The summed E-state index contributed by atoms with van der Waals surface area (Å²) in [5.74, 6) is 0. The molecule has 3 rings (SSSR count). The average molecular weight is 346 g/mol. The van der Waals surface area contributed by atoms with E-state index in [9.17, 15) is 0 Å². The molecule has 0 N–H and O–H groups in total. The Labute approximate surface area is 134 Å². The molecule has 1 aromatic carbocycles. The monoisotopic (exact) mass is 345 g/mol. The van der Waals surface area contributed by atoms with Crippen molar-refractivity contribution in [3.05, 3.63) is 64.4 Å². The van der Waals surface area contributed by atoms with Crippen molar-refractivity contribution in [1.82, 2.24) is 14.8 Å². The molecule has 1 saturated heterocycles. The molecular weight excluding hydrogens is 326 g/mol. The first-order chi connectivity index (χ1) is 10.3. The number of piperazine rings is 1. The number of aromatic nitrogens is 1. The quantitative estimate of drug-likeness (QED) is 0.848. The summed E-state index contributed by atoms with van der Waals surface area (Å²) in [4.78, 5) is 9.13. The molecule has 4 heteroatoms. The van der Waals surface area contributed by atoms with Gasteiger partial charge in [-0.3, -0.25) is 14.8 Å². The van der Waals surface area contributed by atoms with Crippen LogP contribution in [0.1, 0.15) is 11.1 Å². The Balaban J connectivity index is 1.47. The fourth-order valence-corrected chi connectivity index (χ4v) is 2.96. The summed E-state index contributed by atoms with van der Waals surface area (Å²) >= 11 is 3.49. The predicted molar refractivity (Wildman–Crippen MR) is 88.9 cm³/mol. The molecule has 3 nitrogen and oxygen atoms in total. The minimum absolute atomic E-state index is 1.04. The summed E-state index contributed by atoms with van der Waals surface area (Å²) in [5, 5.41) is 0. The van der Waals surface area contributed by atoms with E-state index in [4.69, 9.17) is 0 Å². The number of hydrogen-bond acceptors (Lipinski definition) is 3. The SMILES string of the molecule is Brc1ccc(CN2CCN(Cc3ccncc3)CC2)cc1. The Morgan fingerprint density at radius 1 is 0.762 bits per heavy atom. The maximum Gasteiger partial charge on any atom is 0.0271 e. The van der Waals surface area contributed by atoms with E-state index in [1.54, 1.807) is 0 Å². The molecule has 1 aliphatic rings. The van der Waals surface area contributed by atoms with Crippen LogP contribution in [0.25, 0.3) is 0 Å². The van der Waals surface area contributed by atoms with Crippen molar-refractivity contribution in [2.24, 2.45) is 0 Å². The highest BCUT2D eigenvalue weighted by atomic mass is 79.9. The molecule has 0 aliphatic carbocycles. The Morgan fingerprint density at radius 2 is 1.24 bits per heavy atom. The predicted octanol–water partition coefficient (Wildman–Crippen LogP) is 3.16. The molecule has 2 aromatic rings. The molecule has 0 radical (unpaired) electrons. The number of nitrogens with zero attached hydrogens (tertiary/aromatic N) is 3. The van der Waals surface area contributed by atoms with Crippen LogP contribution in [0, 0.1) is 0 Å². The van der Waals surface area contributed by atoms with Crippen LogP contribution in [0.2, 0.25) is 0 Å². The van der Waals surface area contributed by atoms with Gasteiger partial charge in [-0.25, -0.2) is 0 Å². The Kier molecular flexibility index (Phi) is 5.01. The van der Waals surface area contributed by atoms with Crippen molar-refractivity contribution >= 4 is 15.9 Å². The van der Waals surface area contributed by atoms with Crippen LogP contribution >= 0.6 is 15.9 Å². The third kappa shape index (κ3) is 4.37. The van der Waals surface area contributed by atoms with Crippen molar-refractivity contribution in [3.63, 3.8) is 0 Å². The van der Waals surface area contributed by atoms with Crippen LogP contribution < -0.4 is 0 Å². The molecule has 0 atom stereocenters. The van der Waals surface area contributed by atoms with Crippen molar-refractivity contribution in [2.45, 2.75) is 13.1 Å². The maximum atomic E-state index is 4.07. The van der Waals surface area contributed by atoms with Gasteiger partial charge in [-0.05, 0) is 35.4 Å². The first-order valence-corrected chi connectivity index (χ1v) is 8.17. The second-order valence-electron chi connectivity index (χ2n) is 5.53. The minimum Gasteiger partial charge on any atom is -0.297 e. The van der Waals surface area contributed by atoms with E-state index in [-0.39, 0.29) is 0 Å². The van der Waals surface area contributed by atoms with E-state index >= 15 is 0 Å². The van der Waals surface area contributed by atoms with Crippen molar-refractivity contribution in [1.29, 1.82) is 0 Å². The summed E-state index contributed by atoms with van der Waals surface area (Å²) in [6.07, 6.45) is 3.75. The van der Waals surface area contributed by atoms with Gasteiger partial charge in [0.15, 0.2) is 0 Å². The van der Waals surface area contributed by atoms with Crippen LogP contribution in [0.3, 0.4) is 0 Å². The first-order valence-electron chi connectivity index (χ1n) is 7.38. The zero-order chi connectivity index (χ0) is 14.5. The zero-order valence-corrected chi connectivity index (χ0v) is 13.7. The molecule has 1 aliphatic heterocycles. The first kappa shape index (κ1) is 14.7. The fraction of sp³-hybridized carbons (Fsp3) is 0.353. The van der Waals surface area contributed by atoms with Gasteiger partial charge in [-0.15, -0.1) is 0 Å². The minimum atomic E-state index is 1.04. The van der Waals surface area contributed by atoms with Gasteiger partial charge in [0.25, 0.3) is 0 Å². The topological polar surface area (TPSA) is 19.4 Å². The second kappa shape index (κ2) is 7.16. The highest BCUT2D eigenvalue weighted by molar-refractivity contribution is 9.10. The number of hydrogen-bond donors (Lipinski definition) is 0. The standard InChI is InChI=1S/C17H20BrN3/c18-17-3-1-15(2-4-17)13-20-9-11-21(12-10-20)14-16-5-7-19-8-6-16/h1-8H,9-14H2. The van der Waals surface area contributed by atoms with E-state index < -0.39 is 0 Å². The van der Waals surface area contributed by atoms with E-state index in [0.717, 1.165) is 43.7 Å².